The average molecular weight is 355 g/mol. The maximum absolute atomic E-state index is 12.7. The molecule has 0 fully saturated rings. The van der Waals surface area contributed by atoms with E-state index in [-0.39, 0.29) is 18.2 Å². The lowest BCUT2D eigenvalue weighted by molar-refractivity contribution is -0.143. The fourth-order valence-corrected chi connectivity index (χ4v) is 2.97. The highest BCUT2D eigenvalue weighted by Gasteiger charge is 2.38. The quantitative estimate of drug-likeness (QED) is 0.767. The summed E-state index contributed by atoms with van der Waals surface area (Å²) in [5.74, 6) is 0. The topological polar surface area (TPSA) is 47.0 Å². The van der Waals surface area contributed by atoms with Crippen molar-refractivity contribution in [2.75, 3.05) is 0 Å². The van der Waals surface area contributed by atoms with Crippen LogP contribution in [-0.2, 0) is 22.2 Å². The van der Waals surface area contributed by atoms with E-state index in [1.54, 1.807) is 0 Å². The summed E-state index contributed by atoms with van der Waals surface area (Å²) in [6, 6.07) is 3.74. The molecule has 0 saturated heterocycles. The molecule has 3 nitrogen and oxygen atoms in total. The number of nitrogens with zero attached hydrogens (tertiary/aromatic N) is 1. The Kier molecular flexibility index (Phi) is 4.14. The smallest absolute Gasteiger partial charge is 0.244 e. The molecule has 0 spiro atoms. The Labute approximate surface area is 126 Å². The first-order valence-electron chi connectivity index (χ1n) is 5.88. The number of aromatic nitrogens is 1. The van der Waals surface area contributed by atoms with E-state index in [4.69, 9.17) is 0 Å². The van der Waals surface area contributed by atoms with Gasteiger partial charge in [-0.3, -0.25) is 0 Å². The van der Waals surface area contributed by atoms with E-state index in [0.717, 1.165) is 12.3 Å². The van der Waals surface area contributed by atoms with E-state index >= 15 is 0 Å². The molecule has 2 rings (SSSR count). The van der Waals surface area contributed by atoms with Gasteiger partial charge in [-0.05, 0) is 30.3 Å². The van der Waals surface area contributed by atoms with E-state index in [9.17, 15) is 34.8 Å². The average Bonchev–Trinajstić information content (AvgIpc) is 2.46. The minimum absolute atomic E-state index is 0.141. The minimum atomic E-state index is -5.13. The van der Waals surface area contributed by atoms with Crippen LogP contribution >= 0.6 is 0 Å². The van der Waals surface area contributed by atoms with Crippen LogP contribution in [0.4, 0.5) is 26.3 Å². The summed E-state index contributed by atoms with van der Waals surface area (Å²) in [6.07, 6.45) is -9.20. The number of benzene rings is 1. The molecule has 0 atom stereocenters. The first-order valence-corrected chi connectivity index (χ1v) is 7.36. The van der Waals surface area contributed by atoms with Crippen LogP contribution in [0.2, 0.25) is 0 Å². The van der Waals surface area contributed by atoms with Crippen molar-refractivity contribution in [2.24, 2.45) is 0 Å². The highest BCUT2D eigenvalue weighted by Crippen LogP contribution is 2.38. The van der Waals surface area contributed by atoms with Crippen LogP contribution in [0, 0.1) is 0 Å². The van der Waals surface area contributed by atoms with E-state index < -0.39 is 43.2 Å². The van der Waals surface area contributed by atoms with Gasteiger partial charge in [0.2, 0.25) is 9.84 Å². The Balaban J connectivity index is 2.72. The van der Waals surface area contributed by atoms with Crippen LogP contribution in [0.1, 0.15) is 11.1 Å². The summed E-state index contributed by atoms with van der Waals surface area (Å²) in [5, 5.41) is -0.646. The van der Waals surface area contributed by atoms with Crippen LogP contribution in [0.3, 0.4) is 0 Å². The fraction of sp³-hybridized carbons (Fsp3) is 0.154. The summed E-state index contributed by atoms with van der Waals surface area (Å²) in [7, 11) is -4.62. The molecule has 124 valence electrons. The third kappa shape index (κ3) is 3.63. The van der Waals surface area contributed by atoms with E-state index in [1.807, 2.05) is 0 Å². The van der Waals surface area contributed by atoms with Crippen molar-refractivity contribution in [2.45, 2.75) is 22.3 Å². The highest BCUT2D eigenvalue weighted by molar-refractivity contribution is 7.91. The molecule has 0 aliphatic carbocycles. The lowest BCUT2D eigenvalue weighted by atomic mass is 10.1. The van der Waals surface area contributed by atoms with Crippen molar-refractivity contribution >= 4 is 9.84 Å². The molecule has 10 heteroatoms. The molecule has 0 amide bonds. The van der Waals surface area contributed by atoms with Gasteiger partial charge in [-0.2, -0.15) is 26.3 Å². The second-order valence-electron chi connectivity index (χ2n) is 4.41. The number of hydrogen-bond acceptors (Lipinski definition) is 3. The number of sulfone groups is 1. The molecule has 0 saturated carbocycles. The summed E-state index contributed by atoms with van der Waals surface area (Å²) < 4.78 is 101. The largest absolute Gasteiger partial charge is 0.416 e. The van der Waals surface area contributed by atoms with Crippen LogP contribution in [-0.4, -0.2) is 13.4 Å². The van der Waals surface area contributed by atoms with E-state index in [1.165, 1.54) is 12.1 Å². The van der Waals surface area contributed by atoms with Crippen LogP contribution in [0.5, 0.6) is 0 Å². The van der Waals surface area contributed by atoms with Gasteiger partial charge in [-0.15, -0.1) is 0 Å². The summed E-state index contributed by atoms with van der Waals surface area (Å²) in [4.78, 5) is 2.33. The van der Waals surface area contributed by atoms with Crippen molar-refractivity contribution in [3.8, 4) is 0 Å². The van der Waals surface area contributed by atoms with Gasteiger partial charge in [-0.25, -0.2) is 13.4 Å². The second kappa shape index (κ2) is 5.52. The minimum Gasteiger partial charge on any atom is -0.244 e. The zero-order valence-electron chi connectivity index (χ0n) is 11.0. The summed E-state index contributed by atoms with van der Waals surface area (Å²) >= 11 is 0. The molecule has 1 aromatic carbocycles. The zero-order chi connectivity index (χ0) is 17.5. The SMILES string of the molecule is O=S(=O)(c1cc(C(F)(F)F)cc(C(F)(F)F)c1)c1ccccn1. The molecular weight excluding hydrogens is 348 g/mol. The third-order valence-electron chi connectivity index (χ3n) is 2.78. The van der Waals surface area contributed by atoms with Gasteiger partial charge >= 0.3 is 12.4 Å². The van der Waals surface area contributed by atoms with Crippen molar-refractivity contribution in [1.29, 1.82) is 0 Å². The van der Waals surface area contributed by atoms with Crippen LogP contribution in [0.15, 0.2) is 52.5 Å². The molecular formula is C13H7F6NO2S. The van der Waals surface area contributed by atoms with Gasteiger partial charge in [0, 0.05) is 6.20 Å². The zero-order valence-corrected chi connectivity index (χ0v) is 11.8. The Bertz CT molecular complexity index is 780. The Morgan fingerprint density at radius 3 is 1.74 bits per heavy atom. The number of hydrogen-bond donors (Lipinski definition) is 0. The maximum Gasteiger partial charge on any atom is 0.416 e. The van der Waals surface area contributed by atoms with Gasteiger partial charge < -0.3 is 0 Å². The molecule has 1 aromatic heterocycles. The van der Waals surface area contributed by atoms with E-state index in [0.29, 0.717) is 0 Å². The van der Waals surface area contributed by atoms with Crippen molar-refractivity contribution < 1.29 is 34.8 Å². The lowest BCUT2D eigenvalue weighted by Crippen LogP contribution is -2.14. The predicted molar refractivity (Wildman–Crippen MR) is 66.1 cm³/mol. The first-order chi connectivity index (χ1) is 10.4. The number of pyridine rings is 1. The number of alkyl halides is 6. The number of halogens is 6. The fourth-order valence-electron chi connectivity index (χ4n) is 1.71. The summed E-state index contributed by atoms with van der Waals surface area (Å²) in [6.45, 7) is 0. The van der Waals surface area contributed by atoms with Crippen LogP contribution in [0.25, 0.3) is 0 Å². The predicted octanol–water partition coefficient (Wildman–Crippen LogP) is 3.95. The van der Waals surface area contributed by atoms with Gasteiger partial charge in [0.25, 0.3) is 0 Å². The van der Waals surface area contributed by atoms with Gasteiger partial charge in [0.15, 0.2) is 5.03 Å². The third-order valence-corrected chi connectivity index (χ3v) is 4.43. The molecule has 0 unspecified atom stereocenters. The molecule has 0 aliphatic heterocycles. The van der Waals surface area contributed by atoms with Gasteiger partial charge in [0.1, 0.15) is 0 Å². The standard InChI is InChI=1S/C13H7F6NO2S/c14-12(15,16)8-5-9(13(17,18)19)7-10(6-8)23(21,22)11-3-1-2-4-20-11/h1-7H. The van der Waals surface area contributed by atoms with E-state index in [2.05, 4.69) is 4.98 Å². The van der Waals surface area contributed by atoms with Gasteiger partial charge in [0.05, 0.1) is 16.0 Å². The first kappa shape index (κ1) is 17.3. The normalized spacial score (nSPS) is 13.1. The Hall–Kier alpha value is -2.10. The number of rotatable bonds is 2. The van der Waals surface area contributed by atoms with Crippen molar-refractivity contribution in [3.63, 3.8) is 0 Å². The summed E-state index contributed by atoms with van der Waals surface area (Å²) in [5.41, 5.74) is -3.41. The van der Waals surface area contributed by atoms with Gasteiger partial charge in [-0.1, -0.05) is 6.07 Å². The van der Waals surface area contributed by atoms with Crippen molar-refractivity contribution in [3.05, 3.63) is 53.7 Å². The molecule has 1 heterocycles. The Morgan fingerprint density at radius 2 is 1.35 bits per heavy atom. The molecule has 0 radical (unpaired) electrons. The molecule has 0 bridgehead atoms. The molecule has 2 aromatic rings. The molecule has 23 heavy (non-hydrogen) atoms. The Morgan fingerprint density at radius 1 is 0.826 bits per heavy atom. The highest BCUT2D eigenvalue weighted by atomic mass is 32.2. The lowest BCUT2D eigenvalue weighted by Gasteiger charge is -2.14. The monoisotopic (exact) mass is 355 g/mol. The second-order valence-corrected chi connectivity index (χ2v) is 6.31. The van der Waals surface area contributed by atoms with Crippen molar-refractivity contribution in [1.82, 2.24) is 4.98 Å². The molecule has 0 N–H and O–H groups in total. The molecule has 0 aliphatic rings. The maximum atomic E-state index is 12.7. The van der Waals surface area contributed by atoms with Crippen LogP contribution < -0.4 is 0 Å².